The van der Waals surface area contributed by atoms with Gasteiger partial charge in [0.15, 0.2) is 9.84 Å². The number of nitrogens with zero attached hydrogens (tertiary/aromatic N) is 3. The van der Waals surface area contributed by atoms with Crippen LogP contribution in [-0.2, 0) is 9.84 Å². The molecule has 0 unspecified atom stereocenters. The molecule has 0 atom stereocenters. The normalized spacial score (nSPS) is 11.0. The van der Waals surface area contributed by atoms with E-state index in [4.69, 9.17) is 16.3 Å². The van der Waals surface area contributed by atoms with E-state index in [1.807, 2.05) is 0 Å². The van der Waals surface area contributed by atoms with Crippen LogP contribution in [0.15, 0.2) is 41.1 Å². The maximum absolute atomic E-state index is 11.6. The third-order valence-electron chi connectivity index (χ3n) is 2.43. The maximum Gasteiger partial charge on any atom is 0.322 e. The lowest BCUT2D eigenvalue weighted by Crippen LogP contribution is -2.02. The summed E-state index contributed by atoms with van der Waals surface area (Å²) in [5.74, 6) is 0.186. The zero-order chi connectivity index (χ0) is 15.5. The van der Waals surface area contributed by atoms with E-state index in [0.29, 0.717) is 5.69 Å². The number of sulfone groups is 1. The number of rotatable bonds is 5. The standard InChI is InChI=1S/C12H11ClN4O3S/c1-3-21(18,19)9-6-4-8(5-7-9)14-11-15-10(13)16-12(17-11)20-2/h3-7H,1H2,2H3,(H,14,15,16,17). The average molecular weight is 327 g/mol. The van der Waals surface area contributed by atoms with Crippen LogP contribution in [0.25, 0.3) is 0 Å². The largest absolute Gasteiger partial charge is 0.467 e. The van der Waals surface area contributed by atoms with Gasteiger partial charge < -0.3 is 10.1 Å². The van der Waals surface area contributed by atoms with Crippen LogP contribution in [0.1, 0.15) is 0 Å². The Labute approximate surface area is 126 Å². The highest BCUT2D eigenvalue weighted by atomic mass is 35.5. The van der Waals surface area contributed by atoms with Gasteiger partial charge in [-0.3, -0.25) is 0 Å². The highest BCUT2D eigenvalue weighted by Gasteiger charge is 2.10. The Morgan fingerprint density at radius 3 is 2.48 bits per heavy atom. The number of methoxy groups -OCH3 is 1. The molecular weight excluding hydrogens is 316 g/mol. The van der Waals surface area contributed by atoms with Crippen LogP contribution in [-0.4, -0.2) is 30.5 Å². The second-order valence-electron chi connectivity index (χ2n) is 3.78. The predicted molar refractivity (Wildman–Crippen MR) is 78.5 cm³/mol. The van der Waals surface area contributed by atoms with Crippen molar-refractivity contribution in [3.8, 4) is 6.01 Å². The van der Waals surface area contributed by atoms with Gasteiger partial charge in [0.1, 0.15) is 0 Å². The smallest absolute Gasteiger partial charge is 0.322 e. The quantitative estimate of drug-likeness (QED) is 0.899. The molecule has 0 aliphatic heterocycles. The molecule has 1 heterocycles. The lowest BCUT2D eigenvalue weighted by Gasteiger charge is -2.06. The van der Waals surface area contributed by atoms with Gasteiger partial charge in [0.25, 0.3) is 0 Å². The van der Waals surface area contributed by atoms with Crippen molar-refractivity contribution < 1.29 is 13.2 Å². The number of halogens is 1. The molecule has 0 fully saturated rings. The first kappa shape index (κ1) is 15.2. The van der Waals surface area contributed by atoms with Gasteiger partial charge in [0, 0.05) is 11.1 Å². The fourth-order valence-corrected chi connectivity index (χ4v) is 2.29. The number of nitrogens with one attached hydrogen (secondary N) is 1. The molecule has 9 heteroatoms. The van der Waals surface area contributed by atoms with Crippen molar-refractivity contribution >= 4 is 33.1 Å². The van der Waals surface area contributed by atoms with Gasteiger partial charge in [-0.1, -0.05) is 6.58 Å². The molecule has 0 spiro atoms. The maximum atomic E-state index is 11.6. The van der Waals surface area contributed by atoms with Gasteiger partial charge in [-0.05, 0) is 35.9 Å². The van der Waals surface area contributed by atoms with Crippen LogP contribution in [0.2, 0.25) is 5.28 Å². The summed E-state index contributed by atoms with van der Waals surface area (Å²) in [6, 6.07) is 6.10. The number of anilines is 2. The Balaban J connectivity index is 2.25. The van der Waals surface area contributed by atoms with Crippen LogP contribution in [0.3, 0.4) is 0 Å². The van der Waals surface area contributed by atoms with Gasteiger partial charge in [-0.2, -0.15) is 15.0 Å². The van der Waals surface area contributed by atoms with E-state index in [-0.39, 0.29) is 22.1 Å². The SMILES string of the molecule is C=CS(=O)(=O)c1ccc(Nc2nc(Cl)nc(OC)n2)cc1. The summed E-state index contributed by atoms with van der Waals surface area (Å²) < 4.78 is 28.1. The summed E-state index contributed by atoms with van der Waals surface area (Å²) >= 11 is 5.73. The van der Waals surface area contributed by atoms with Gasteiger partial charge in [-0.15, -0.1) is 0 Å². The van der Waals surface area contributed by atoms with Gasteiger partial charge >= 0.3 is 6.01 Å². The van der Waals surface area contributed by atoms with E-state index >= 15 is 0 Å². The summed E-state index contributed by atoms with van der Waals surface area (Å²) in [7, 11) is -2.04. The number of hydrogen-bond donors (Lipinski definition) is 1. The molecule has 110 valence electrons. The fourth-order valence-electron chi connectivity index (χ4n) is 1.43. The van der Waals surface area contributed by atoms with E-state index < -0.39 is 9.84 Å². The third-order valence-corrected chi connectivity index (χ3v) is 3.97. The molecule has 1 aromatic carbocycles. The minimum absolute atomic E-state index is 0.0183. The van der Waals surface area contributed by atoms with Crippen molar-refractivity contribution in [3.05, 3.63) is 41.5 Å². The second-order valence-corrected chi connectivity index (χ2v) is 6.01. The second kappa shape index (κ2) is 6.06. The number of ether oxygens (including phenoxy) is 1. The molecule has 0 radical (unpaired) electrons. The van der Waals surface area contributed by atoms with Gasteiger partial charge in [0.05, 0.1) is 12.0 Å². The molecule has 21 heavy (non-hydrogen) atoms. The number of hydrogen-bond acceptors (Lipinski definition) is 7. The van der Waals surface area contributed by atoms with E-state index in [0.717, 1.165) is 5.41 Å². The monoisotopic (exact) mass is 326 g/mol. The molecule has 0 saturated carbocycles. The molecule has 7 nitrogen and oxygen atoms in total. The van der Waals surface area contributed by atoms with Crippen molar-refractivity contribution in [1.82, 2.24) is 15.0 Å². The molecule has 0 amide bonds. The lowest BCUT2D eigenvalue weighted by atomic mass is 10.3. The third kappa shape index (κ3) is 3.67. The van der Waals surface area contributed by atoms with E-state index in [1.165, 1.54) is 19.2 Å². The molecule has 1 N–H and O–H groups in total. The summed E-state index contributed by atoms with van der Waals surface area (Å²) in [6.45, 7) is 3.27. The molecular formula is C12H11ClN4O3S. The van der Waals surface area contributed by atoms with E-state index in [9.17, 15) is 8.42 Å². The average Bonchev–Trinajstić information content (AvgIpc) is 2.47. The first-order valence-corrected chi connectivity index (χ1v) is 7.57. The Morgan fingerprint density at radius 1 is 1.24 bits per heavy atom. The Bertz CT molecular complexity index is 763. The molecule has 0 saturated heterocycles. The minimum Gasteiger partial charge on any atom is -0.467 e. The van der Waals surface area contributed by atoms with Gasteiger partial charge in [0.2, 0.25) is 11.2 Å². The summed E-state index contributed by atoms with van der Waals surface area (Å²) in [5.41, 5.74) is 0.585. The Morgan fingerprint density at radius 2 is 1.90 bits per heavy atom. The molecule has 0 bridgehead atoms. The van der Waals surface area contributed by atoms with E-state index in [1.54, 1.807) is 12.1 Å². The molecule has 1 aromatic heterocycles. The van der Waals surface area contributed by atoms with Crippen LogP contribution in [0.4, 0.5) is 11.6 Å². The first-order valence-electron chi connectivity index (χ1n) is 5.65. The van der Waals surface area contributed by atoms with Gasteiger partial charge in [-0.25, -0.2) is 8.42 Å². The van der Waals surface area contributed by atoms with Crippen molar-refractivity contribution in [1.29, 1.82) is 0 Å². The number of aromatic nitrogens is 3. The van der Waals surface area contributed by atoms with Crippen molar-refractivity contribution in [2.75, 3.05) is 12.4 Å². The van der Waals surface area contributed by atoms with Crippen molar-refractivity contribution in [2.45, 2.75) is 4.90 Å². The summed E-state index contributed by atoms with van der Waals surface area (Å²) in [5, 5.41) is 3.75. The molecule has 2 rings (SSSR count). The molecule has 2 aromatic rings. The van der Waals surface area contributed by atoms with Crippen molar-refractivity contribution in [3.63, 3.8) is 0 Å². The predicted octanol–water partition coefficient (Wildman–Crippen LogP) is 2.19. The van der Waals surface area contributed by atoms with Crippen LogP contribution < -0.4 is 10.1 Å². The van der Waals surface area contributed by atoms with Crippen LogP contribution in [0.5, 0.6) is 6.01 Å². The highest BCUT2D eigenvalue weighted by Crippen LogP contribution is 2.19. The highest BCUT2D eigenvalue weighted by molar-refractivity contribution is 7.94. The van der Waals surface area contributed by atoms with Crippen molar-refractivity contribution in [2.24, 2.45) is 0 Å². The zero-order valence-corrected chi connectivity index (χ0v) is 12.5. The molecule has 0 aliphatic rings. The van der Waals surface area contributed by atoms with Crippen LogP contribution in [0, 0.1) is 0 Å². The Kier molecular flexibility index (Phi) is 4.39. The van der Waals surface area contributed by atoms with E-state index in [2.05, 4.69) is 26.8 Å². The summed E-state index contributed by atoms with van der Waals surface area (Å²) in [6.07, 6.45) is 0. The molecule has 0 aliphatic carbocycles. The zero-order valence-electron chi connectivity index (χ0n) is 10.9. The summed E-state index contributed by atoms with van der Waals surface area (Å²) in [4.78, 5) is 11.7. The van der Waals surface area contributed by atoms with Crippen LogP contribution >= 0.6 is 11.6 Å². The minimum atomic E-state index is -3.45. The lowest BCUT2D eigenvalue weighted by molar-refractivity contribution is 0.379. The fraction of sp³-hybridized carbons (Fsp3) is 0.0833. The number of benzene rings is 1. The Hall–Kier alpha value is -2.19. The first-order chi connectivity index (χ1) is 9.94. The topological polar surface area (TPSA) is 94.1 Å².